The van der Waals surface area contributed by atoms with Gasteiger partial charge < -0.3 is 4.74 Å². The number of ether oxygens (including phenoxy) is 1. The molecule has 7 heteroatoms. The van der Waals surface area contributed by atoms with Gasteiger partial charge in [-0.15, -0.1) is 0 Å². The van der Waals surface area contributed by atoms with Crippen molar-refractivity contribution >= 4 is 11.9 Å². The molecular formula is C15H12F4N2O. The lowest BCUT2D eigenvalue weighted by molar-refractivity contribution is -0.140. The van der Waals surface area contributed by atoms with E-state index in [4.69, 9.17) is 4.74 Å². The molecule has 2 aromatic carbocycles. The zero-order valence-electron chi connectivity index (χ0n) is 11.5. The molecule has 0 unspecified atom stereocenters. The van der Waals surface area contributed by atoms with Gasteiger partial charge in [0.15, 0.2) is 0 Å². The standard InChI is InChI=1S/C15H12F4N2O/c1-22-12-7-10(14(16)13(8-12)15(17,18)19)9-20-21-11-5-3-2-4-6-11/h2-9,21H,1H3. The molecule has 0 aliphatic carbocycles. The minimum absolute atomic E-state index is 0.102. The Morgan fingerprint density at radius 1 is 1.14 bits per heavy atom. The molecule has 0 aliphatic rings. The Morgan fingerprint density at radius 3 is 2.41 bits per heavy atom. The van der Waals surface area contributed by atoms with Gasteiger partial charge in [0.2, 0.25) is 0 Å². The Bertz CT molecular complexity index is 669. The number of hydrazone groups is 1. The zero-order valence-corrected chi connectivity index (χ0v) is 11.5. The molecule has 0 bridgehead atoms. The third-order valence-electron chi connectivity index (χ3n) is 2.79. The van der Waals surface area contributed by atoms with E-state index in [0.717, 1.165) is 12.3 Å². The first-order valence-electron chi connectivity index (χ1n) is 6.20. The highest BCUT2D eigenvalue weighted by molar-refractivity contribution is 5.81. The molecule has 3 nitrogen and oxygen atoms in total. The average molecular weight is 312 g/mol. The van der Waals surface area contributed by atoms with Crippen LogP contribution < -0.4 is 10.2 Å². The highest BCUT2D eigenvalue weighted by atomic mass is 19.4. The fraction of sp³-hybridized carbons (Fsp3) is 0.133. The second-order valence-corrected chi connectivity index (χ2v) is 4.31. The van der Waals surface area contributed by atoms with E-state index in [-0.39, 0.29) is 11.3 Å². The Balaban J connectivity index is 2.30. The van der Waals surface area contributed by atoms with Crippen LogP contribution in [0.5, 0.6) is 5.75 Å². The summed E-state index contributed by atoms with van der Waals surface area (Å²) in [5, 5.41) is 3.73. The molecule has 0 heterocycles. The maximum absolute atomic E-state index is 13.9. The van der Waals surface area contributed by atoms with Crippen LogP contribution in [-0.4, -0.2) is 13.3 Å². The third kappa shape index (κ3) is 3.75. The molecule has 0 fully saturated rings. The van der Waals surface area contributed by atoms with Crippen molar-refractivity contribution in [3.8, 4) is 5.75 Å². The molecule has 22 heavy (non-hydrogen) atoms. The summed E-state index contributed by atoms with van der Waals surface area (Å²) in [6, 6.07) is 10.5. The molecule has 0 amide bonds. The van der Waals surface area contributed by atoms with Crippen LogP contribution in [0.2, 0.25) is 0 Å². The van der Waals surface area contributed by atoms with Gasteiger partial charge in [-0.05, 0) is 24.3 Å². The maximum atomic E-state index is 13.9. The third-order valence-corrected chi connectivity index (χ3v) is 2.79. The molecule has 0 atom stereocenters. The monoisotopic (exact) mass is 312 g/mol. The number of alkyl halides is 3. The van der Waals surface area contributed by atoms with Gasteiger partial charge in [-0.3, -0.25) is 5.43 Å². The number of hydrogen-bond acceptors (Lipinski definition) is 3. The number of nitrogens with zero attached hydrogens (tertiary/aromatic N) is 1. The number of anilines is 1. The van der Waals surface area contributed by atoms with Gasteiger partial charge in [0.1, 0.15) is 11.6 Å². The number of methoxy groups -OCH3 is 1. The predicted octanol–water partition coefficient (Wildman–Crippen LogP) is 4.30. The average Bonchev–Trinajstić information content (AvgIpc) is 2.49. The lowest BCUT2D eigenvalue weighted by Crippen LogP contribution is -2.10. The number of benzene rings is 2. The number of nitrogens with one attached hydrogen (secondary N) is 1. The van der Waals surface area contributed by atoms with Gasteiger partial charge in [-0.25, -0.2) is 4.39 Å². The molecule has 0 radical (unpaired) electrons. The van der Waals surface area contributed by atoms with E-state index in [0.29, 0.717) is 11.8 Å². The molecule has 0 aromatic heterocycles. The zero-order chi connectivity index (χ0) is 16.2. The summed E-state index contributed by atoms with van der Waals surface area (Å²) in [7, 11) is 1.20. The van der Waals surface area contributed by atoms with Crippen LogP contribution in [0, 0.1) is 5.82 Å². The minimum Gasteiger partial charge on any atom is -0.497 e. The first-order valence-corrected chi connectivity index (χ1v) is 6.20. The van der Waals surface area contributed by atoms with Gasteiger partial charge >= 0.3 is 6.18 Å². The molecule has 2 rings (SSSR count). The van der Waals surface area contributed by atoms with Crippen LogP contribution in [0.4, 0.5) is 23.2 Å². The van der Waals surface area contributed by atoms with Gasteiger partial charge in [0.25, 0.3) is 0 Å². The minimum atomic E-state index is -4.81. The van der Waals surface area contributed by atoms with Crippen molar-refractivity contribution in [3.05, 3.63) is 59.4 Å². The molecule has 1 N–H and O–H groups in total. The molecule has 0 aliphatic heterocycles. The van der Waals surface area contributed by atoms with E-state index < -0.39 is 17.6 Å². The highest BCUT2D eigenvalue weighted by Gasteiger charge is 2.35. The number of para-hydroxylation sites is 1. The van der Waals surface area contributed by atoms with Crippen molar-refractivity contribution in [2.75, 3.05) is 12.5 Å². The molecule has 0 spiro atoms. The SMILES string of the molecule is COc1cc(C=NNc2ccccc2)c(F)c(C(F)(F)F)c1. The Kier molecular flexibility index (Phi) is 4.65. The fourth-order valence-electron chi connectivity index (χ4n) is 1.73. The van der Waals surface area contributed by atoms with Gasteiger partial charge in [-0.1, -0.05) is 18.2 Å². The van der Waals surface area contributed by atoms with Gasteiger partial charge in [0, 0.05) is 5.56 Å². The molecule has 2 aromatic rings. The quantitative estimate of drug-likeness (QED) is 0.519. The Morgan fingerprint density at radius 2 is 1.82 bits per heavy atom. The predicted molar refractivity (Wildman–Crippen MR) is 75.6 cm³/mol. The summed E-state index contributed by atoms with van der Waals surface area (Å²) in [5.74, 6) is -1.50. The first-order chi connectivity index (χ1) is 10.4. The summed E-state index contributed by atoms with van der Waals surface area (Å²) < 4.78 is 57.0. The first kappa shape index (κ1) is 15.8. The number of halogens is 4. The van der Waals surface area contributed by atoms with Crippen LogP contribution >= 0.6 is 0 Å². The van der Waals surface area contributed by atoms with Gasteiger partial charge in [0.05, 0.1) is 24.6 Å². The fourth-order valence-corrected chi connectivity index (χ4v) is 1.73. The highest BCUT2D eigenvalue weighted by Crippen LogP contribution is 2.34. The van der Waals surface area contributed by atoms with Crippen LogP contribution in [-0.2, 0) is 6.18 Å². The second kappa shape index (κ2) is 6.46. The van der Waals surface area contributed by atoms with E-state index in [2.05, 4.69) is 10.5 Å². The topological polar surface area (TPSA) is 33.6 Å². The normalized spacial score (nSPS) is 11.7. The number of rotatable bonds is 4. The van der Waals surface area contributed by atoms with Crippen LogP contribution in [0.15, 0.2) is 47.6 Å². The molecule has 0 saturated carbocycles. The summed E-state index contributed by atoms with van der Waals surface area (Å²) in [6.07, 6.45) is -3.84. The lowest BCUT2D eigenvalue weighted by Gasteiger charge is -2.11. The maximum Gasteiger partial charge on any atom is 0.419 e. The van der Waals surface area contributed by atoms with E-state index in [1.54, 1.807) is 30.3 Å². The van der Waals surface area contributed by atoms with Crippen molar-refractivity contribution in [2.24, 2.45) is 5.10 Å². The molecular weight excluding hydrogens is 300 g/mol. The van der Waals surface area contributed by atoms with Crippen molar-refractivity contribution in [1.29, 1.82) is 0 Å². The van der Waals surface area contributed by atoms with Gasteiger partial charge in [-0.2, -0.15) is 18.3 Å². The van der Waals surface area contributed by atoms with Crippen molar-refractivity contribution in [1.82, 2.24) is 0 Å². The van der Waals surface area contributed by atoms with Crippen LogP contribution in [0.1, 0.15) is 11.1 Å². The van der Waals surface area contributed by atoms with Crippen LogP contribution in [0.25, 0.3) is 0 Å². The Hall–Kier alpha value is -2.57. The van der Waals surface area contributed by atoms with E-state index >= 15 is 0 Å². The second-order valence-electron chi connectivity index (χ2n) is 4.31. The van der Waals surface area contributed by atoms with E-state index in [1.807, 2.05) is 0 Å². The summed E-state index contributed by atoms with van der Waals surface area (Å²) in [4.78, 5) is 0. The largest absolute Gasteiger partial charge is 0.497 e. The summed E-state index contributed by atoms with van der Waals surface area (Å²) in [5.41, 5.74) is 1.50. The van der Waals surface area contributed by atoms with E-state index in [9.17, 15) is 17.6 Å². The summed E-state index contributed by atoms with van der Waals surface area (Å²) >= 11 is 0. The number of hydrogen-bond donors (Lipinski definition) is 1. The van der Waals surface area contributed by atoms with Crippen molar-refractivity contribution in [2.45, 2.75) is 6.18 Å². The molecule has 0 saturated heterocycles. The Labute approximate surface area is 124 Å². The molecule has 116 valence electrons. The van der Waals surface area contributed by atoms with Crippen molar-refractivity contribution < 1.29 is 22.3 Å². The van der Waals surface area contributed by atoms with E-state index in [1.165, 1.54) is 7.11 Å². The lowest BCUT2D eigenvalue weighted by atomic mass is 10.1. The smallest absolute Gasteiger partial charge is 0.419 e. The van der Waals surface area contributed by atoms with Crippen LogP contribution in [0.3, 0.4) is 0 Å². The van der Waals surface area contributed by atoms with Crippen molar-refractivity contribution in [3.63, 3.8) is 0 Å². The summed E-state index contributed by atoms with van der Waals surface area (Å²) in [6.45, 7) is 0.